The van der Waals surface area contributed by atoms with Crippen molar-refractivity contribution < 1.29 is 8.78 Å². The zero-order valence-corrected chi connectivity index (χ0v) is 12.1. The zero-order valence-electron chi connectivity index (χ0n) is 12.1. The Morgan fingerprint density at radius 1 is 1.05 bits per heavy atom. The molecule has 1 unspecified atom stereocenters. The van der Waals surface area contributed by atoms with E-state index in [2.05, 4.69) is 0 Å². The Bertz CT molecular complexity index is 645. The second kappa shape index (κ2) is 5.57. The predicted octanol–water partition coefficient (Wildman–Crippen LogP) is 4.59. The van der Waals surface area contributed by atoms with Crippen LogP contribution in [0.5, 0.6) is 0 Å². The number of hydrogen-bond acceptors (Lipinski definition) is 1. The van der Waals surface area contributed by atoms with Gasteiger partial charge >= 0.3 is 0 Å². The summed E-state index contributed by atoms with van der Waals surface area (Å²) in [5.74, 6) is -0.498. The minimum absolute atomic E-state index is 0.0496. The average molecular weight is 287 g/mol. The average Bonchev–Trinajstić information content (AvgIpc) is 2.42. The fourth-order valence-electron chi connectivity index (χ4n) is 2.85. The number of halogens is 2. The summed E-state index contributed by atoms with van der Waals surface area (Å²) in [6.45, 7) is 1.62. The first-order chi connectivity index (χ1) is 10.1. The van der Waals surface area contributed by atoms with Crippen LogP contribution in [-0.4, -0.2) is 0 Å². The lowest BCUT2D eigenvalue weighted by atomic mass is 9.79. The molecule has 1 aliphatic rings. The molecule has 0 radical (unpaired) electrons. The van der Waals surface area contributed by atoms with Crippen LogP contribution in [0.2, 0.25) is 0 Å². The lowest BCUT2D eigenvalue weighted by Gasteiger charge is -2.26. The molecule has 1 fully saturated rings. The van der Waals surface area contributed by atoms with E-state index in [1.165, 1.54) is 37.0 Å². The molecule has 0 aromatic heterocycles. The Morgan fingerprint density at radius 3 is 2.29 bits per heavy atom. The summed E-state index contributed by atoms with van der Waals surface area (Å²) in [6, 6.07) is 9.77. The Labute approximate surface area is 123 Å². The van der Waals surface area contributed by atoms with Gasteiger partial charge in [-0.05, 0) is 48.4 Å². The maximum Gasteiger partial charge on any atom is 0.134 e. The van der Waals surface area contributed by atoms with E-state index >= 15 is 0 Å². The highest BCUT2D eigenvalue weighted by molar-refractivity contribution is 5.37. The van der Waals surface area contributed by atoms with E-state index < -0.39 is 17.7 Å². The van der Waals surface area contributed by atoms with Crippen LogP contribution in [0.15, 0.2) is 36.4 Å². The van der Waals surface area contributed by atoms with Crippen LogP contribution < -0.4 is 5.73 Å². The molecule has 110 valence electrons. The molecule has 3 heteroatoms. The van der Waals surface area contributed by atoms with Gasteiger partial charge in [0.1, 0.15) is 11.6 Å². The molecule has 1 atom stereocenters. The van der Waals surface area contributed by atoms with Crippen molar-refractivity contribution >= 4 is 0 Å². The molecule has 2 aromatic carbocycles. The monoisotopic (exact) mass is 287 g/mol. The van der Waals surface area contributed by atoms with Crippen LogP contribution in [0.4, 0.5) is 8.78 Å². The molecule has 0 aliphatic heterocycles. The Hall–Kier alpha value is -1.74. The minimum atomic E-state index is -0.777. The van der Waals surface area contributed by atoms with Gasteiger partial charge in [-0.3, -0.25) is 0 Å². The first-order valence-electron chi connectivity index (χ1n) is 7.38. The smallest absolute Gasteiger partial charge is 0.134 e. The summed E-state index contributed by atoms with van der Waals surface area (Å²) in [4.78, 5) is 0. The van der Waals surface area contributed by atoms with Gasteiger partial charge in [-0.1, -0.05) is 36.8 Å². The number of nitrogens with two attached hydrogens (primary N) is 1. The van der Waals surface area contributed by atoms with E-state index in [4.69, 9.17) is 5.73 Å². The number of rotatable bonds is 3. The summed E-state index contributed by atoms with van der Waals surface area (Å²) in [5.41, 5.74) is 8.47. The van der Waals surface area contributed by atoms with E-state index in [1.807, 2.05) is 24.3 Å². The standard InChI is InChI=1S/C18H19F2N/c1-11-5-10-15(19)16(17(11)20)18(21)14-8-6-13(7-9-14)12-3-2-4-12/h5-10,12,18H,2-4,21H2,1H3. The van der Waals surface area contributed by atoms with Crippen molar-refractivity contribution in [2.75, 3.05) is 0 Å². The normalized spacial score (nSPS) is 16.6. The second-order valence-corrected chi connectivity index (χ2v) is 5.86. The van der Waals surface area contributed by atoms with E-state index in [0.717, 1.165) is 5.56 Å². The number of benzene rings is 2. The van der Waals surface area contributed by atoms with Crippen molar-refractivity contribution in [3.63, 3.8) is 0 Å². The fourth-order valence-corrected chi connectivity index (χ4v) is 2.85. The van der Waals surface area contributed by atoms with Crippen molar-refractivity contribution in [3.8, 4) is 0 Å². The van der Waals surface area contributed by atoms with E-state index in [0.29, 0.717) is 11.5 Å². The van der Waals surface area contributed by atoms with Gasteiger partial charge in [-0.25, -0.2) is 8.78 Å². The molecule has 0 saturated heterocycles. The van der Waals surface area contributed by atoms with Crippen LogP contribution >= 0.6 is 0 Å². The van der Waals surface area contributed by atoms with Gasteiger partial charge in [-0.2, -0.15) is 0 Å². The van der Waals surface area contributed by atoms with Crippen molar-refractivity contribution in [1.29, 1.82) is 0 Å². The van der Waals surface area contributed by atoms with Gasteiger partial charge in [0, 0.05) is 5.56 Å². The van der Waals surface area contributed by atoms with Gasteiger partial charge in [0.2, 0.25) is 0 Å². The largest absolute Gasteiger partial charge is 0.320 e. The van der Waals surface area contributed by atoms with Crippen molar-refractivity contribution in [3.05, 3.63) is 70.3 Å². The molecule has 1 aliphatic carbocycles. The molecule has 1 saturated carbocycles. The molecule has 2 N–H and O–H groups in total. The molecule has 0 spiro atoms. The molecule has 1 nitrogen and oxygen atoms in total. The Balaban J connectivity index is 1.91. The lowest BCUT2D eigenvalue weighted by Crippen LogP contribution is -2.17. The van der Waals surface area contributed by atoms with Crippen LogP contribution in [0, 0.1) is 18.6 Å². The topological polar surface area (TPSA) is 26.0 Å². The third-order valence-corrected chi connectivity index (χ3v) is 4.50. The highest BCUT2D eigenvalue weighted by Crippen LogP contribution is 2.37. The van der Waals surface area contributed by atoms with Gasteiger partial charge in [0.15, 0.2) is 0 Å². The predicted molar refractivity (Wildman–Crippen MR) is 80.2 cm³/mol. The van der Waals surface area contributed by atoms with E-state index in [9.17, 15) is 8.78 Å². The zero-order chi connectivity index (χ0) is 15.0. The molecule has 0 heterocycles. The highest BCUT2D eigenvalue weighted by atomic mass is 19.1. The van der Waals surface area contributed by atoms with E-state index in [-0.39, 0.29) is 5.56 Å². The van der Waals surface area contributed by atoms with Crippen LogP contribution in [0.1, 0.15) is 53.5 Å². The Morgan fingerprint density at radius 2 is 1.71 bits per heavy atom. The number of hydrogen-bond donors (Lipinski definition) is 1. The fraction of sp³-hybridized carbons (Fsp3) is 0.333. The van der Waals surface area contributed by atoms with Crippen molar-refractivity contribution in [1.82, 2.24) is 0 Å². The first-order valence-corrected chi connectivity index (χ1v) is 7.38. The summed E-state index contributed by atoms with van der Waals surface area (Å²) < 4.78 is 28.1. The molecular weight excluding hydrogens is 268 g/mol. The summed E-state index contributed by atoms with van der Waals surface area (Å²) in [5, 5.41) is 0. The Kier molecular flexibility index (Phi) is 3.77. The molecule has 3 rings (SSSR count). The summed E-state index contributed by atoms with van der Waals surface area (Å²) >= 11 is 0. The third-order valence-electron chi connectivity index (χ3n) is 4.50. The highest BCUT2D eigenvalue weighted by Gasteiger charge is 2.22. The van der Waals surface area contributed by atoms with Crippen LogP contribution in [-0.2, 0) is 0 Å². The minimum Gasteiger partial charge on any atom is -0.320 e. The van der Waals surface area contributed by atoms with Gasteiger partial charge in [0.05, 0.1) is 6.04 Å². The molecule has 0 amide bonds. The van der Waals surface area contributed by atoms with Gasteiger partial charge in [0.25, 0.3) is 0 Å². The van der Waals surface area contributed by atoms with Crippen LogP contribution in [0.25, 0.3) is 0 Å². The van der Waals surface area contributed by atoms with Crippen molar-refractivity contribution in [2.24, 2.45) is 5.73 Å². The molecule has 0 bridgehead atoms. The first kappa shape index (κ1) is 14.2. The number of aryl methyl sites for hydroxylation is 1. The van der Waals surface area contributed by atoms with Crippen LogP contribution in [0.3, 0.4) is 0 Å². The quantitative estimate of drug-likeness (QED) is 0.878. The third kappa shape index (κ3) is 2.58. The summed E-state index contributed by atoms with van der Waals surface area (Å²) in [7, 11) is 0. The molecular formula is C18H19F2N. The molecule has 2 aromatic rings. The maximum absolute atomic E-state index is 14.1. The SMILES string of the molecule is Cc1ccc(F)c(C(N)c2ccc(C3CCC3)cc2)c1F. The lowest BCUT2D eigenvalue weighted by molar-refractivity contribution is 0.419. The van der Waals surface area contributed by atoms with Gasteiger partial charge < -0.3 is 5.73 Å². The molecule has 21 heavy (non-hydrogen) atoms. The summed E-state index contributed by atoms with van der Waals surface area (Å²) in [6.07, 6.45) is 3.74. The second-order valence-electron chi connectivity index (χ2n) is 5.86. The maximum atomic E-state index is 14.1. The van der Waals surface area contributed by atoms with Crippen molar-refractivity contribution in [2.45, 2.75) is 38.1 Å². The van der Waals surface area contributed by atoms with E-state index in [1.54, 1.807) is 6.92 Å². The van der Waals surface area contributed by atoms with Gasteiger partial charge in [-0.15, -0.1) is 0 Å².